The lowest BCUT2D eigenvalue weighted by Gasteiger charge is -2.33. The molecule has 4 nitrogen and oxygen atoms in total. The summed E-state index contributed by atoms with van der Waals surface area (Å²) in [6, 6.07) is 10.0. The molecule has 0 spiro atoms. The van der Waals surface area contributed by atoms with Gasteiger partial charge in [-0.15, -0.1) is 0 Å². The molecule has 16 unspecified atom stereocenters. The first-order chi connectivity index (χ1) is 25.7. The normalized spacial score (nSPS) is 45.7. The Balaban J connectivity index is 1.03. The van der Waals surface area contributed by atoms with Gasteiger partial charge in [0, 0.05) is 69.4 Å². The Labute approximate surface area is 301 Å². The van der Waals surface area contributed by atoms with Crippen LogP contribution in [0.2, 0.25) is 0 Å². The Morgan fingerprint density at radius 2 is 0.596 bits per heavy atom. The highest BCUT2D eigenvalue weighted by molar-refractivity contribution is 6.02. The Kier molecular flexibility index (Phi) is 3.81. The third-order valence-electron chi connectivity index (χ3n) is 17.6. The van der Waals surface area contributed by atoms with Crippen LogP contribution >= 0.6 is 0 Å². The van der Waals surface area contributed by atoms with Crippen LogP contribution in [0.1, 0.15) is 94.4 Å². The largest absolute Gasteiger partial charge is 0.355 e. The summed E-state index contributed by atoms with van der Waals surface area (Å²) >= 11 is 0. The molecule has 3 aromatic rings. The summed E-state index contributed by atoms with van der Waals surface area (Å²) in [5.41, 5.74) is 22.7. The third kappa shape index (κ3) is 2.68. The number of hydrogen-bond acceptors (Lipinski definition) is 2. The van der Waals surface area contributed by atoms with E-state index in [-0.39, 0.29) is 0 Å². The molecule has 0 aromatic carbocycles. The van der Waals surface area contributed by atoms with Gasteiger partial charge in [0.05, 0.1) is 22.8 Å². The van der Waals surface area contributed by atoms with Gasteiger partial charge in [0.2, 0.25) is 0 Å². The van der Waals surface area contributed by atoms with E-state index >= 15 is 0 Å². The molecule has 52 heavy (non-hydrogen) atoms. The highest BCUT2D eigenvalue weighted by atomic mass is 14.8. The van der Waals surface area contributed by atoms with Crippen LogP contribution in [0.25, 0.3) is 44.4 Å². The van der Waals surface area contributed by atoms with Gasteiger partial charge in [-0.25, -0.2) is 9.97 Å². The number of H-pyrrole nitrogens is 2. The molecule has 0 amide bonds. The molecule has 3 aromatic heterocycles. The predicted molar refractivity (Wildman–Crippen MR) is 203 cm³/mol. The average Bonchev–Trinajstić information content (AvgIpc) is 4.02. The fourth-order valence-corrected chi connectivity index (χ4v) is 15.3. The van der Waals surface area contributed by atoms with Crippen LogP contribution in [0.3, 0.4) is 0 Å². The van der Waals surface area contributed by atoms with Crippen LogP contribution in [-0.2, 0) is 0 Å². The molecule has 2 aliphatic heterocycles. The predicted octanol–water partition coefficient (Wildman–Crippen LogP) is 9.81. The minimum Gasteiger partial charge on any atom is -0.355 e. The van der Waals surface area contributed by atoms with E-state index in [1.54, 1.807) is 22.3 Å². The molecule has 5 heterocycles. The van der Waals surface area contributed by atoms with Crippen LogP contribution in [0, 0.1) is 71.0 Å². The number of nitrogens with one attached hydrogen (secondary N) is 2. The van der Waals surface area contributed by atoms with E-state index in [2.05, 4.69) is 82.8 Å². The first-order valence-electron chi connectivity index (χ1n) is 20.8. The number of fused-ring (bicyclic) bond motifs is 8. The molecule has 16 bridgehead atoms. The van der Waals surface area contributed by atoms with Crippen molar-refractivity contribution in [2.24, 2.45) is 71.0 Å². The summed E-state index contributed by atoms with van der Waals surface area (Å²) in [6.07, 6.45) is 26.0. The molecular weight excluding hydrogens is 633 g/mol. The van der Waals surface area contributed by atoms with E-state index in [1.807, 2.05) is 0 Å². The van der Waals surface area contributed by atoms with E-state index in [9.17, 15) is 0 Å². The van der Waals surface area contributed by atoms with Crippen molar-refractivity contribution in [3.63, 3.8) is 0 Å². The van der Waals surface area contributed by atoms with Crippen molar-refractivity contribution >= 4 is 44.4 Å². The fraction of sp³-hybridized carbons (Fsp3) is 0.417. The van der Waals surface area contributed by atoms with Crippen molar-refractivity contribution in [3.05, 3.63) is 118 Å². The van der Waals surface area contributed by atoms with Crippen molar-refractivity contribution in [1.82, 2.24) is 19.9 Å². The molecule has 0 radical (unpaired) electrons. The maximum Gasteiger partial charge on any atom is 0.0700 e. The zero-order chi connectivity index (χ0) is 32.6. The van der Waals surface area contributed by atoms with Crippen LogP contribution in [0.15, 0.2) is 72.9 Å². The van der Waals surface area contributed by atoms with Crippen molar-refractivity contribution < 1.29 is 0 Å². The lowest BCUT2D eigenvalue weighted by Crippen LogP contribution is -2.22. The van der Waals surface area contributed by atoms with E-state index in [0.717, 1.165) is 47.3 Å². The summed E-state index contributed by atoms with van der Waals surface area (Å²) in [4.78, 5) is 19.7. The molecular formula is C48H38N4. The molecule has 250 valence electrons. The van der Waals surface area contributed by atoms with Crippen LogP contribution in [0.5, 0.6) is 0 Å². The molecule has 0 saturated heterocycles. The molecule has 16 atom stereocenters. The van der Waals surface area contributed by atoms with Gasteiger partial charge in [-0.05, 0) is 142 Å². The zero-order valence-corrected chi connectivity index (χ0v) is 28.9. The SMILES string of the molecule is C1=CC2C3=C(c4cc5nc(cc6[nH]c(cc7[nH]c(cc3n4)c3c7C4C=CC3C3CC43)c3c6C4C=CC3C3CC43)C3=C5C4C=CC3C3CC43)C1C1CC21. The molecule has 18 aliphatic rings. The lowest BCUT2D eigenvalue weighted by atomic mass is 9.69. The van der Waals surface area contributed by atoms with E-state index in [0.29, 0.717) is 47.3 Å². The summed E-state index contributed by atoms with van der Waals surface area (Å²) in [7, 11) is 0. The Bertz CT molecular complexity index is 2590. The van der Waals surface area contributed by atoms with Crippen molar-refractivity contribution in [2.75, 3.05) is 0 Å². The quantitative estimate of drug-likeness (QED) is 0.234. The first kappa shape index (κ1) is 25.5. The van der Waals surface area contributed by atoms with Gasteiger partial charge in [-0.1, -0.05) is 48.6 Å². The average molecular weight is 671 g/mol. The number of aromatic nitrogens is 4. The maximum atomic E-state index is 5.70. The number of aromatic amines is 2. The molecule has 4 heteroatoms. The number of allylic oxidation sites excluding steroid dienone is 12. The van der Waals surface area contributed by atoms with Gasteiger partial charge in [-0.2, -0.15) is 0 Å². The second-order valence-corrected chi connectivity index (χ2v) is 19.6. The highest BCUT2D eigenvalue weighted by Gasteiger charge is 2.60. The number of rotatable bonds is 0. The summed E-state index contributed by atoms with van der Waals surface area (Å²) in [6.45, 7) is 0. The topological polar surface area (TPSA) is 57.4 Å². The minimum atomic E-state index is 0.500. The Hall–Kier alpha value is -4.44. The Morgan fingerprint density at radius 3 is 0.942 bits per heavy atom. The van der Waals surface area contributed by atoms with Gasteiger partial charge in [0.1, 0.15) is 0 Å². The summed E-state index contributed by atoms with van der Waals surface area (Å²) < 4.78 is 0. The van der Waals surface area contributed by atoms with Gasteiger partial charge in [0.15, 0.2) is 0 Å². The summed E-state index contributed by atoms with van der Waals surface area (Å²) in [5.74, 6) is 10.6. The van der Waals surface area contributed by atoms with Gasteiger partial charge < -0.3 is 9.97 Å². The fourth-order valence-electron chi connectivity index (χ4n) is 15.3. The van der Waals surface area contributed by atoms with Gasteiger partial charge in [0.25, 0.3) is 0 Å². The second kappa shape index (κ2) is 7.77. The smallest absolute Gasteiger partial charge is 0.0700 e. The van der Waals surface area contributed by atoms with Crippen molar-refractivity contribution in [1.29, 1.82) is 0 Å². The van der Waals surface area contributed by atoms with Crippen LogP contribution < -0.4 is 0 Å². The second-order valence-electron chi connectivity index (χ2n) is 19.6. The number of hydrogen-bond donors (Lipinski definition) is 2. The minimum absolute atomic E-state index is 0.500. The highest BCUT2D eigenvalue weighted by Crippen LogP contribution is 2.70. The number of nitrogens with zero attached hydrogens (tertiary/aromatic N) is 2. The molecule has 16 aliphatic carbocycles. The van der Waals surface area contributed by atoms with E-state index in [4.69, 9.17) is 9.97 Å². The maximum absolute atomic E-state index is 5.70. The van der Waals surface area contributed by atoms with Crippen LogP contribution in [-0.4, -0.2) is 19.9 Å². The standard InChI is InChI=1S/C48H38N4/c1-2-18-26-9-25(26)17(1)41-33-13-35-43-19-3-4-21(29-10-27(19)29)45(43)37(50-35)15-39-47-23-7-8-24(32-12-31(23)32)48(47)40(52-39)16-38-46-22-6-5-20(28-11-30(22)28)44(46)36(51-38)14-34(49-33)42(18)41/h1-8,13-32,49-50H,9-12H2. The van der Waals surface area contributed by atoms with Crippen molar-refractivity contribution in [2.45, 2.75) is 49.4 Å². The molecule has 4 fully saturated rings. The summed E-state index contributed by atoms with van der Waals surface area (Å²) in [5, 5.41) is 0. The Morgan fingerprint density at radius 1 is 0.327 bits per heavy atom. The van der Waals surface area contributed by atoms with Crippen molar-refractivity contribution in [3.8, 4) is 0 Å². The molecule has 2 N–H and O–H groups in total. The molecule has 21 rings (SSSR count). The van der Waals surface area contributed by atoms with E-state index in [1.165, 1.54) is 92.8 Å². The lowest BCUT2D eigenvalue weighted by molar-refractivity contribution is 0.525. The third-order valence-corrected chi connectivity index (χ3v) is 17.6. The monoisotopic (exact) mass is 670 g/mol. The van der Waals surface area contributed by atoms with Gasteiger partial charge >= 0.3 is 0 Å². The first-order valence-corrected chi connectivity index (χ1v) is 20.8. The van der Waals surface area contributed by atoms with Gasteiger partial charge in [-0.3, -0.25) is 0 Å². The van der Waals surface area contributed by atoms with Crippen LogP contribution in [0.4, 0.5) is 0 Å². The van der Waals surface area contributed by atoms with E-state index < -0.39 is 0 Å². The molecule has 4 saturated carbocycles. The zero-order valence-electron chi connectivity index (χ0n) is 28.9.